The van der Waals surface area contributed by atoms with E-state index in [2.05, 4.69) is 20.3 Å². The van der Waals surface area contributed by atoms with Crippen molar-refractivity contribution in [3.05, 3.63) is 66.8 Å². The Bertz CT molecular complexity index is 917. The van der Waals surface area contributed by atoms with E-state index in [1.165, 1.54) is 17.1 Å². The summed E-state index contributed by atoms with van der Waals surface area (Å²) in [7, 11) is 0. The molecule has 3 heterocycles. The molecule has 0 fully saturated rings. The van der Waals surface area contributed by atoms with Gasteiger partial charge in [0.15, 0.2) is 0 Å². The second kappa shape index (κ2) is 7.43. The van der Waals surface area contributed by atoms with Crippen LogP contribution in [0.25, 0.3) is 5.69 Å². The molecule has 0 saturated heterocycles. The van der Waals surface area contributed by atoms with Gasteiger partial charge in [-0.25, -0.2) is 4.98 Å². The fraction of sp³-hybridized carbons (Fsp3) is 0.118. The minimum Gasteiger partial charge on any atom is -0.367 e. The first-order valence-corrected chi connectivity index (χ1v) is 7.75. The Kier molecular flexibility index (Phi) is 4.88. The molecule has 0 aliphatic heterocycles. The largest absolute Gasteiger partial charge is 0.367 e. The van der Waals surface area contributed by atoms with E-state index >= 15 is 0 Å². The normalized spacial score (nSPS) is 11.7. The minimum absolute atomic E-state index is 0.137. The van der Waals surface area contributed by atoms with Crippen LogP contribution in [0.2, 0.25) is 0 Å². The van der Waals surface area contributed by atoms with Gasteiger partial charge in [0, 0.05) is 25.0 Å². The SMILES string of the molecule is NC(=O)C(=O)C(Cc1cc[nH]c1)NC(=O)c1cncn1-c1cccnc1. The summed E-state index contributed by atoms with van der Waals surface area (Å²) < 4.78 is 1.53. The number of Topliss-reactive ketones (excluding diaryl/α,β-unsaturated/α-hetero) is 1. The summed E-state index contributed by atoms with van der Waals surface area (Å²) in [5.41, 5.74) is 6.70. The zero-order chi connectivity index (χ0) is 18.5. The third-order valence-electron chi connectivity index (χ3n) is 3.76. The van der Waals surface area contributed by atoms with Crippen molar-refractivity contribution in [2.45, 2.75) is 12.5 Å². The number of hydrogen-bond donors (Lipinski definition) is 3. The van der Waals surface area contributed by atoms with Crippen molar-refractivity contribution in [3.8, 4) is 5.69 Å². The number of H-pyrrole nitrogens is 1. The van der Waals surface area contributed by atoms with Crippen LogP contribution in [0.3, 0.4) is 0 Å². The highest BCUT2D eigenvalue weighted by molar-refractivity contribution is 6.38. The average Bonchev–Trinajstić information content (AvgIpc) is 3.32. The van der Waals surface area contributed by atoms with Gasteiger partial charge < -0.3 is 16.0 Å². The number of primary amides is 1. The number of carbonyl (C=O) groups excluding carboxylic acids is 3. The molecule has 3 aromatic rings. The summed E-state index contributed by atoms with van der Waals surface area (Å²) in [6.45, 7) is 0. The number of nitrogens with zero attached hydrogens (tertiary/aromatic N) is 3. The molecule has 2 amide bonds. The Morgan fingerprint density at radius 3 is 2.73 bits per heavy atom. The second-order valence-electron chi connectivity index (χ2n) is 5.54. The zero-order valence-electron chi connectivity index (χ0n) is 13.6. The molecule has 0 bridgehead atoms. The molecule has 0 saturated carbocycles. The Balaban J connectivity index is 1.83. The van der Waals surface area contributed by atoms with Gasteiger partial charge in [-0.3, -0.25) is 23.9 Å². The molecule has 0 spiro atoms. The second-order valence-corrected chi connectivity index (χ2v) is 5.54. The smallest absolute Gasteiger partial charge is 0.287 e. The average molecular weight is 352 g/mol. The van der Waals surface area contributed by atoms with E-state index < -0.39 is 23.6 Å². The van der Waals surface area contributed by atoms with Crippen LogP contribution in [0, 0.1) is 0 Å². The van der Waals surface area contributed by atoms with Crippen LogP contribution in [0.5, 0.6) is 0 Å². The fourth-order valence-electron chi connectivity index (χ4n) is 2.50. The first kappa shape index (κ1) is 17.1. The van der Waals surface area contributed by atoms with Gasteiger partial charge in [0.2, 0.25) is 5.78 Å². The van der Waals surface area contributed by atoms with Crippen LogP contribution in [-0.4, -0.2) is 43.2 Å². The predicted octanol–water partition coefficient (Wildman–Crippen LogP) is -0.00910. The van der Waals surface area contributed by atoms with E-state index in [1.807, 2.05) is 0 Å². The van der Waals surface area contributed by atoms with E-state index in [0.717, 1.165) is 5.56 Å². The molecule has 4 N–H and O–H groups in total. The van der Waals surface area contributed by atoms with Crippen molar-refractivity contribution >= 4 is 17.6 Å². The number of imidazole rings is 1. The lowest BCUT2D eigenvalue weighted by Crippen LogP contribution is -2.47. The lowest BCUT2D eigenvalue weighted by atomic mass is 10.0. The van der Waals surface area contributed by atoms with Crippen molar-refractivity contribution in [3.63, 3.8) is 0 Å². The van der Waals surface area contributed by atoms with E-state index in [1.54, 1.807) is 43.0 Å². The Hall–Kier alpha value is -3.75. The number of nitrogens with two attached hydrogens (primary N) is 1. The van der Waals surface area contributed by atoms with E-state index in [0.29, 0.717) is 5.69 Å². The van der Waals surface area contributed by atoms with Gasteiger partial charge in [0.25, 0.3) is 11.8 Å². The maximum Gasteiger partial charge on any atom is 0.287 e. The van der Waals surface area contributed by atoms with E-state index in [9.17, 15) is 14.4 Å². The Labute approximate surface area is 148 Å². The number of amides is 2. The number of aromatic amines is 1. The highest BCUT2D eigenvalue weighted by Gasteiger charge is 2.27. The molecule has 9 nitrogen and oxygen atoms in total. The highest BCUT2D eigenvalue weighted by Crippen LogP contribution is 2.11. The number of rotatable bonds is 7. The molecule has 1 atom stereocenters. The number of carbonyl (C=O) groups is 3. The van der Waals surface area contributed by atoms with Gasteiger partial charge in [-0.2, -0.15) is 0 Å². The lowest BCUT2D eigenvalue weighted by molar-refractivity contribution is -0.137. The van der Waals surface area contributed by atoms with Gasteiger partial charge >= 0.3 is 0 Å². The molecule has 26 heavy (non-hydrogen) atoms. The Morgan fingerprint density at radius 1 is 1.23 bits per heavy atom. The van der Waals surface area contributed by atoms with E-state index in [4.69, 9.17) is 5.73 Å². The van der Waals surface area contributed by atoms with Crippen LogP contribution >= 0.6 is 0 Å². The van der Waals surface area contributed by atoms with Gasteiger partial charge in [-0.05, 0) is 23.8 Å². The fourth-order valence-corrected chi connectivity index (χ4v) is 2.50. The molecule has 0 aliphatic rings. The number of aromatic nitrogens is 4. The molecule has 0 radical (unpaired) electrons. The molecule has 3 rings (SSSR count). The summed E-state index contributed by atoms with van der Waals surface area (Å²) in [4.78, 5) is 46.9. The van der Waals surface area contributed by atoms with Crippen molar-refractivity contribution in [1.82, 2.24) is 24.8 Å². The molecule has 9 heteroatoms. The van der Waals surface area contributed by atoms with E-state index in [-0.39, 0.29) is 12.1 Å². The van der Waals surface area contributed by atoms with Crippen LogP contribution in [0.1, 0.15) is 16.1 Å². The molecule has 0 aliphatic carbocycles. The van der Waals surface area contributed by atoms with Crippen LogP contribution in [0.4, 0.5) is 0 Å². The number of hydrogen-bond acceptors (Lipinski definition) is 5. The summed E-state index contributed by atoms with van der Waals surface area (Å²) in [5, 5.41) is 2.56. The summed E-state index contributed by atoms with van der Waals surface area (Å²) in [5.74, 6) is -2.53. The molecule has 3 aromatic heterocycles. The van der Waals surface area contributed by atoms with Crippen LogP contribution < -0.4 is 11.1 Å². The topological polar surface area (TPSA) is 136 Å². The first-order valence-electron chi connectivity index (χ1n) is 7.75. The summed E-state index contributed by atoms with van der Waals surface area (Å²) >= 11 is 0. The lowest BCUT2D eigenvalue weighted by Gasteiger charge is -2.16. The summed E-state index contributed by atoms with van der Waals surface area (Å²) in [6.07, 6.45) is 9.50. The van der Waals surface area contributed by atoms with Gasteiger partial charge in [-0.15, -0.1) is 0 Å². The van der Waals surface area contributed by atoms with Crippen molar-refractivity contribution in [1.29, 1.82) is 0 Å². The molecule has 132 valence electrons. The summed E-state index contributed by atoms with van der Waals surface area (Å²) in [6, 6.07) is 4.15. The molecular formula is C17H16N6O3. The third kappa shape index (κ3) is 3.66. The van der Waals surface area contributed by atoms with Crippen LogP contribution in [0.15, 0.2) is 55.5 Å². The van der Waals surface area contributed by atoms with Gasteiger partial charge in [0.1, 0.15) is 11.7 Å². The van der Waals surface area contributed by atoms with Crippen molar-refractivity contribution < 1.29 is 14.4 Å². The third-order valence-corrected chi connectivity index (χ3v) is 3.76. The van der Waals surface area contributed by atoms with Gasteiger partial charge in [0.05, 0.1) is 24.4 Å². The molecule has 0 aromatic carbocycles. The number of nitrogens with one attached hydrogen (secondary N) is 2. The zero-order valence-corrected chi connectivity index (χ0v) is 13.6. The molecule has 1 unspecified atom stereocenters. The van der Waals surface area contributed by atoms with Gasteiger partial charge in [-0.1, -0.05) is 0 Å². The van der Waals surface area contributed by atoms with Crippen LogP contribution in [-0.2, 0) is 16.0 Å². The van der Waals surface area contributed by atoms with Crippen molar-refractivity contribution in [2.75, 3.05) is 0 Å². The molecular weight excluding hydrogens is 336 g/mol. The Morgan fingerprint density at radius 2 is 2.08 bits per heavy atom. The highest BCUT2D eigenvalue weighted by atomic mass is 16.2. The number of pyridine rings is 1. The maximum absolute atomic E-state index is 12.7. The minimum atomic E-state index is -1.10. The predicted molar refractivity (Wildman–Crippen MR) is 91.3 cm³/mol. The first-order chi connectivity index (χ1) is 12.6. The quantitative estimate of drug-likeness (QED) is 0.514. The number of ketones is 1. The monoisotopic (exact) mass is 352 g/mol. The standard InChI is InChI=1S/C17H16N6O3/c18-16(25)15(24)13(6-11-3-5-20-7-11)22-17(26)14-9-21-10-23(14)12-2-1-4-19-8-12/h1-5,7-10,13,20H,6H2,(H2,18,25)(H,22,26). The van der Waals surface area contributed by atoms with Crippen molar-refractivity contribution in [2.24, 2.45) is 5.73 Å². The maximum atomic E-state index is 12.7.